The van der Waals surface area contributed by atoms with Crippen molar-refractivity contribution in [2.24, 2.45) is 28.8 Å². The first-order valence-electron chi connectivity index (χ1n) is 24.5. The molecule has 3 aromatic carbocycles. The molecule has 0 aromatic heterocycles. The van der Waals surface area contributed by atoms with E-state index in [2.05, 4.69) is 23.6 Å². The molecular weight excluding hydrogens is 856 g/mol. The number of aliphatic hydroxyl groups excluding tert-OH is 2. The van der Waals surface area contributed by atoms with Gasteiger partial charge in [0.05, 0.1) is 23.2 Å². The monoisotopic (exact) mass is 922 g/mol. The van der Waals surface area contributed by atoms with E-state index in [0.717, 1.165) is 99.9 Å². The molecule has 67 heavy (non-hydrogen) atoms. The van der Waals surface area contributed by atoms with Crippen LogP contribution in [0, 0.1) is 39.6 Å². The summed E-state index contributed by atoms with van der Waals surface area (Å²) in [7, 11) is 0. The number of carbonyl (C=O) groups is 1. The number of aliphatic hydroxyl groups is 2. The van der Waals surface area contributed by atoms with Crippen LogP contribution < -0.4 is 9.47 Å². The molecule has 2 saturated carbocycles. The van der Waals surface area contributed by atoms with Crippen molar-refractivity contribution in [3.05, 3.63) is 124 Å². The number of halogens is 1. The van der Waals surface area contributed by atoms with Gasteiger partial charge < -0.3 is 34.2 Å². The van der Waals surface area contributed by atoms with E-state index in [0.29, 0.717) is 48.8 Å². The first-order chi connectivity index (χ1) is 32.7. The highest BCUT2D eigenvalue weighted by atomic mass is 19.1. The number of ether oxygens (including phenoxy) is 3. The fourth-order valence-corrected chi connectivity index (χ4v) is 11.2. The normalized spacial score (nSPS) is 24.9. The molecule has 0 bridgehead atoms. The molecule has 13 nitrogen and oxygen atoms in total. The molecule has 2 N–H and O–H groups in total. The molecule has 360 valence electrons. The molecule has 2 aliphatic heterocycles. The number of nitro benzene ring substituents is 1. The average molecular weight is 923 g/mol. The zero-order valence-corrected chi connectivity index (χ0v) is 38.7. The van der Waals surface area contributed by atoms with Gasteiger partial charge in [0.2, 0.25) is 11.7 Å². The van der Waals surface area contributed by atoms with Gasteiger partial charge in [0.15, 0.2) is 0 Å². The molecule has 3 aliphatic carbocycles. The van der Waals surface area contributed by atoms with Crippen molar-refractivity contribution in [1.29, 1.82) is 0 Å². The smallest absolute Gasteiger partial charge is 0.269 e. The summed E-state index contributed by atoms with van der Waals surface area (Å²) in [5.74, 6) is -0.704. The minimum Gasteiger partial charge on any atom is -0.492 e. The minimum absolute atomic E-state index is 0.0223. The van der Waals surface area contributed by atoms with E-state index in [-0.39, 0.29) is 74.6 Å². The Bertz CT molecular complexity index is 2210. The van der Waals surface area contributed by atoms with Gasteiger partial charge in [0.1, 0.15) is 36.6 Å². The Morgan fingerprint density at radius 2 is 1.72 bits per heavy atom. The van der Waals surface area contributed by atoms with Crippen LogP contribution in [-0.2, 0) is 27.5 Å². The van der Waals surface area contributed by atoms with Crippen molar-refractivity contribution in [3.63, 3.8) is 0 Å². The topological polar surface area (TPSA) is 156 Å². The Labute approximate surface area is 393 Å². The number of hydrogen-bond donors (Lipinski definition) is 2. The van der Waals surface area contributed by atoms with Crippen LogP contribution in [0.4, 0.5) is 10.1 Å². The molecule has 0 unspecified atom stereocenters. The van der Waals surface area contributed by atoms with Gasteiger partial charge in [-0.05, 0) is 109 Å². The van der Waals surface area contributed by atoms with Crippen molar-refractivity contribution in [2.45, 2.75) is 114 Å². The molecule has 3 fully saturated rings. The molecule has 0 radical (unpaired) electrons. The van der Waals surface area contributed by atoms with Gasteiger partial charge in [-0.1, -0.05) is 68.0 Å². The first-order valence-corrected chi connectivity index (χ1v) is 24.5. The van der Waals surface area contributed by atoms with Crippen molar-refractivity contribution >= 4 is 17.3 Å². The van der Waals surface area contributed by atoms with Crippen LogP contribution >= 0.6 is 0 Å². The van der Waals surface area contributed by atoms with Gasteiger partial charge in [0, 0.05) is 75.8 Å². The Balaban J connectivity index is 1.29. The number of allylic oxidation sites excluding steroid dienone is 1. The first kappa shape index (κ1) is 48.3. The molecule has 8 rings (SSSR count). The third-order valence-corrected chi connectivity index (χ3v) is 14.6. The summed E-state index contributed by atoms with van der Waals surface area (Å²) in [6.45, 7) is 8.10. The summed E-state index contributed by atoms with van der Waals surface area (Å²) >= 11 is 0. The maximum atomic E-state index is 15.2. The maximum absolute atomic E-state index is 15.2. The highest BCUT2D eigenvalue weighted by Crippen LogP contribution is 2.62. The number of fused-ring (bicyclic) bond motifs is 2. The number of amides is 1. The van der Waals surface area contributed by atoms with Crippen LogP contribution in [0.5, 0.6) is 11.5 Å². The molecule has 3 aromatic rings. The summed E-state index contributed by atoms with van der Waals surface area (Å²) in [6.07, 6.45) is 14.3. The van der Waals surface area contributed by atoms with E-state index in [4.69, 9.17) is 24.2 Å². The zero-order valence-electron chi connectivity index (χ0n) is 38.7. The lowest BCUT2D eigenvalue weighted by Gasteiger charge is -2.60. The Morgan fingerprint density at radius 1 is 0.985 bits per heavy atom. The summed E-state index contributed by atoms with van der Waals surface area (Å²) in [5.41, 5.74) is 3.96. The number of benzene rings is 3. The quantitative estimate of drug-likeness (QED) is 0.0276. The largest absolute Gasteiger partial charge is 0.492 e. The second-order valence-electron chi connectivity index (χ2n) is 19.0. The predicted molar refractivity (Wildman–Crippen MR) is 253 cm³/mol. The van der Waals surface area contributed by atoms with Crippen LogP contribution in [0.1, 0.15) is 106 Å². The fourth-order valence-electron chi connectivity index (χ4n) is 11.2. The number of hydrogen-bond acceptors (Lipinski definition) is 11. The lowest BCUT2D eigenvalue weighted by molar-refractivity contribution is -0.384. The van der Waals surface area contributed by atoms with E-state index < -0.39 is 22.7 Å². The maximum Gasteiger partial charge on any atom is 0.269 e. The molecular formula is C53H67FN4O9. The average Bonchev–Trinajstić information content (AvgIpc) is 4.01. The van der Waals surface area contributed by atoms with Gasteiger partial charge in [-0.3, -0.25) is 19.8 Å². The molecule has 1 amide bonds. The fraction of sp³-hybridized carbons (Fsp3) is 0.547. The Kier molecular flexibility index (Phi) is 16.4. The number of nitrogens with zero attached hydrogens (tertiary/aromatic N) is 4. The Hall–Kier alpha value is -5.15. The predicted octanol–water partition coefficient (Wildman–Crippen LogP) is 9.26. The molecule has 0 spiro atoms. The molecule has 5 aliphatic rings. The van der Waals surface area contributed by atoms with Gasteiger partial charge in [-0.15, -0.1) is 6.58 Å². The van der Waals surface area contributed by atoms with Crippen molar-refractivity contribution < 1.29 is 43.4 Å². The highest BCUT2D eigenvalue weighted by molar-refractivity contribution is 6.03. The van der Waals surface area contributed by atoms with Crippen LogP contribution in [-0.4, -0.2) is 94.4 Å². The van der Waals surface area contributed by atoms with E-state index in [1.807, 2.05) is 17.0 Å². The van der Waals surface area contributed by atoms with Gasteiger partial charge in [0.25, 0.3) is 5.69 Å². The van der Waals surface area contributed by atoms with E-state index in [9.17, 15) is 24.7 Å². The molecule has 1 saturated heterocycles. The van der Waals surface area contributed by atoms with E-state index in [1.165, 1.54) is 24.3 Å². The number of oxime groups is 1. The lowest BCUT2D eigenvalue weighted by atomic mass is 9.55. The summed E-state index contributed by atoms with van der Waals surface area (Å²) in [6, 6.07) is 17.8. The number of unbranched alkanes of at least 4 members (excludes halogenated alkanes) is 2. The van der Waals surface area contributed by atoms with Crippen molar-refractivity contribution in [1.82, 2.24) is 9.80 Å². The van der Waals surface area contributed by atoms with Crippen molar-refractivity contribution in [2.75, 3.05) is 46.1 Å². The standard InChI is InChI=1S/C53H67FN4O9/c1-2-30-65-53-49(57(35-38-13-18-41(54)19-14-38)50(61)24-17-37-9-3-4-10-37)34-47(55-66-36-39-15-20-42(21-16-39)58(62)63)45-32-40(11-5-7-28-59)44(12-6-8-29-60)51(52(45)53)46-33-43(22-23-48(46)67-53)64-31-27-56-25-26-56/h2,13-16,18-23,32-33,37,40,44,49,51-52,59-60H,1,3-12,17,24-31,34-36H2/t40-,44+,49-,51+,52+,53+/m0/s1. The SMILES string of the molecule is C=CCO[C@@]12Oc3ccc(OCCN4CC4)cc3[C@H]3[C@H](CCCCO)[C@@H](CCCCO)C=C(C(=NOCc4ccc([N+](=O)[O-])cc4)C[C@@H]1N(Cc1ccc(F)cc1)C(=O)CCC1CCCC1)[C@H]32. The highest BCUT2D eigenvalue weighted by Gasteiger charge is 2.65. The second kappa shape index (κ2) is 22.8. The summed E-state index contributed by atoms with van der Waals surface area (Å²) < 4.78 is 35.5. The third kappa shape index (κ3) is 11.6. The second-order valence-corrected chi connectivity index (χ2v) is 19.0. The van der Waals surface area contributed by atoms with E-state index >= 15 is 4.79 Å². The number of nitro groups is 1. The lowest BCUT2D eigenvalue weighted by Crippen LogP contribution is -2.70. The molecule has 14 heteroatoms. The van der Waals surface area contributed by atoms with Crippen molar-refractivity contribution in [3.8, 4) is 11.5 Å². The number of rotatable bonds is 25. The molecule has 6 atom stereocenters. The zero-order chi connectivity index (χ0) is 46.8. The van der Waals surface area contributed by atoms with Gasteiger partial charge in [-0.25, -0.2) is 4.39 Å². The number of non-ortho nitro benzene ring substituents is 1. The van der Waals surface area contributed by atoms with Crippen LogP contribution in [0.2, 0.25) is 0 Å². The minimum atomic E-state index is -1.45. The Morgan fingerprint density at radius 3 is 2.42 bits per heavy atom. The third-order valence-electron chi connectivity index (χ3n) is 14.6. The summed E-state index contributed by atoms with van der Waals surface area (Å²) in [5, 5.41) is 36.4. The molecule has 2 heterocycles. The van der Waals surface area contributed by atoms with Gasteiger partial charge >= 0.3 is 0 Å². The van der Waals surface area contributed by atoms with Crippen LogP contribution in [0.15, 0.2) is 96.2 Å². The summed E-state index contributed by atoms with van der Waals surface area (Å²) in [4.78, 5) is 36.6. The van der Waals surface area contributed by atoms with Gasteiger partial charge in [-0.2, -0.15) is 0 Å². The number of carbonyl (C=O) groups excluding carboxylic acids is 1. The van der Waals surface area contributed by atoms with E-state index in [1.54, 1.807) is 30.3 Å². The van der Waals surface area contributed by atoms with Crippen LogP contribution in [0.3, 0.4) is 0 Å². The van der Waals surface area contributed by atoms with Crippen LogP contribution in [0.25, 0.3) is 0 Å².